The van der Waals surface area contributed by atoms with E-state index in [-0.39, 0.29) is 17.9 Å². The van der Waals surface area contributed by atoms with E-state index in [2.05, 4.69) is 9.97 Å². The van der Waals surface area contributed by atoms with Crippen LogP contribution in [0.1, 0.15) is 30.4 Å². The lowest BCUT2D eigenvalue weighted by Gasteiger charge is -2.18. The maximum absolute atomic E-state index is 12.6. The van der Waals surface area contributed by atoms with Crippen LogP contribution >= 0.6 is 11.9 Å². The summed E-state index contributed by atoms with van der Waals surface area (Å²) in [6.07, 6.45) is 7.68. The van der Waals surface area contributed by atoms with Gasteiger partial charge in [0.15, 0.2) is 0 Å². The Balaban J connectivity index is 2.00. The average Bonchev–Trinajstić information content (AvgIpc) is 2.96. The highest BCUT2D eigenvalue weighted by molar-refractivity contribution is 7.97. The Morgan fingerprint density at radius 1 is 1.38 bits per heavy atom. The number of fused-ring (bicyclic) bond motifs is 1. The van der Waals surface area contributed by atoms with Gasteiger partial charge in [-0.15, -0.1) is 0 Å². The summed E-state index contributed by atoms with van der Waals surface area (Å²) in [5.74, 6) is 0.408. The summed E-state index contributed by atoms with van der Waals surface area (Å²) in [7, 11) is 0. The second-order valence-corrected chi connectivity index (χ2v) is 6.79. The molecule has 0 aromatic carbocycles. The predicted octanol–water partition coefficient (Wildman–Crippen LogP) is 4.20. The number of aromatic nitrogens is 2. The van der Waals surface area contributed by atoms with E-state index >= 15 is 0 Å². The molecule has 3 heterocycles. The molecule has 2 N–H and O–H groups in total. The average molecular weight is 354 g/mol. The van der Waals surface area contributed by atoms with E-state index in [0.717, 1.165) is 16.5 Å². The lowest BCUT2D eigenvalue weighted by atomic mass is 9.93. The van der Waals surface area contributed by atoms with Crippen LogP contribution in [0.5, 0.6) is 0 Å². The molecule has 4 nitrogen and oxygen atoms in total. The summed E-state index contributed by atoms with van der Waals surface area (Å²) in [6, 6.07) is 1.88. The fraction of sp³-hybridized carbons (Fsp3) is 0.375. The van der Waals surface area contributed by atoms with Crippen molar-refractivity contribution in [3.05, 3.63) is 35.7 Å². The highest BCUT2D eigenvalue weighted by atomic mass is 32.2. The quantitative estimate of drug-likeness (QED) is 0.837. The second-order valence-electron chi connectivity index (χ2n) is 5.63. The number of alkyl halides is 3. The topological polar surface area (TPSA) is 55.0 Å². The summed E-state index contributed by atoms with van der Waals surface area (Å²) in [6.45, 7) is 2.63. The molecule has 1 saturated heterocycles. The van der Waals surface area contributed by atoms with Gasteiger partial charge >= 0.3 is 5.51 Å². The summed E-state index contributed by atoms with van der Waals surface area (Å²) < 4.78 is 39.1. The molecule has 1 aliphatic rings. The number of nitrogens with zero attached hydrogens (tertiary/aromatic N) is 3. The summed E-state index contributed by atoms with van der Waals surface area (Å²) >= 11 is -0.0475. The molecule has 0 aliphatic carbocycles. The van der Waals surface area contributed by atoms with Crippen LogP contribution in [-0.2, 0) is 0 Å². The number of pyridine rings is 2. The van der Waals surface area contributed by atoms with E-state index in [4.69, 9.17) is 5.73 Å². The molecule has 3 rings (SSSR count). The van der Waals surface area contributed by atoms with Gasteiger partial charge < -0.3 is 5.73 Å². The number of anilines is 1. The molecule has 1 atom stereocenters. The van der Waals surface area contributed by atoms with Crippen molar-refractivity contribution in [1.29, 1.82) is 0 Å². The highest BCUT2D eigenvalue weighted by Gasteiger charge is 2.36. The smallest absolute Gasteiger partial charge is 0.383 e. The Labute approximate surface area is 142 Å². The first-order valence-corrected chi connectivity index (χ1v) is 8.33. The summed E-state index contributed by atoms with van der Waals surface area (Å²) in [5, 5.41) is 0.881. The van der Waals surface area contributed by atoms with Crippen molar-refractivity contribution in [2.75, 3.05) is 18.8 Å². The maximum Gasteiger partial charge on any atom is 0.456 e. The SMILES string of the molecule is C/C=C\c1c(N)ncc2nccc(C3CCN(SC(F)(F)F)C3)c12. The predicted molar refractivity (Wildman–Crippen MR) is 91.2 cm³/mol. The standard InChI is InChI=1S/C16H17F3N4S/c1-2-3-12-14-11(4-6-21-13(14)8-22-15(12)20)10-5-7-23(9-10)24-16(17,18)19/h2-4,6,8,10H,5,7,9H2,1H3,(H2,20,22)/b3-2-. The number of halogens is 3. The van der Waals surface area contributed by atoms with Gasteiger partial charge in [0.1, 0.15) is 5.82 Å². The Bertz CT molecular complexity index is 776. The maximum atomic E-state index is 12.6. The van der Waals surface area contributed by atoms with Gasteiger partial charge in [0, 0.05) is 42.2 Å². The van der Waals surface area contributed by atoms with Crippen LogP contribution in [-0.4, -0.2) is 32.9 Å². The second kappa shape index (κ2) is 6.60. The van der Waals surface area contributed by atoms with Gasteiger partial charge in [-0.2, -0.15) is 13.2 Å². The number of rotatable bonds is 3. The van der Waals surface area contributed by atoms with Gasteiger partial charge in [-0.1, -0.05) is 12.2 Å². The van der Waals surface area contributed by atoms with Crippen LogP contribution in [0.25, 0.3) is 17.0 Å². The zero-order chi connectivity index (χ0) is 17.3. The van der Waals surface area contributed by atoms with Gasteiger partial charge in [0.05, 0.1) is 11.7 Å². The van der Waals surface area contributed by atoms with Gasteiger partial charge in [-0.25, -0.2) is 9.29 Å². The molecule has 2 aromatic rings. The van der Waals surface area contributed by atoms with Crippen LogP contribution in [0.4, 0.5) is 19.0 Å². The van der Waals surface area contributed by atoms with Crippen LogP contribution in [0, 0.1) is 0 Å². The third kappa shape index (κ3) is 3.49. The molecule has 0 amide bonds. The number of allylic oxidation sites excluding steroid dienone is 1. The number of nitrogens with two attached hydrogens (primary N) is 1. The van der Waals surface area contributed by atoms with Crippen LogP contribution in [0.15, 0.2) is 24.5 Å². The molecule has 0 bridgehead atoms. The monoisotopic (exact) mass is 354 g/mol. The van der Waals surface area contributed by atoms with Crippen molar-refractivity contribution >= 4 is 34.7 Å². The van der Waals surface area contributed by atoms with Crippen molar-refractivity contribution in [3.63, 3.8) is 0 Å². The van der Waals surface area contributed by atoms with Crippen molar-refractivity contribution in [3.8, 4) is 0 Å². The zero-order valence-electron chi connectivity index (χ0n) is 13.0. The van der Waals surface area contributed by atoms with Crippen molar-refractivity contribution in [2.45, 2.75) is 24.8 Å². The van der Waals surface area contributed by atoms with Crippen LogP contribution in [0.3, 0.4) is 0 Å². The minimum atomic E-state index is -4.25. The van der Waals surface area contributed by atoms with E-state index in [0.29, 0.717) is 30.8 Å². The molecule has 24 heavy (non-hydrogen) atoms. The van der Waals surface area contributed by atoms with E-state index in [1.54, 1.807) is 12.4 Å². The van der Waals surface area contributed by atoms with Crippen LogP contribution in [0.2, 0.25) is 0 Å². The fourth-order valence-corrected chi connectivity index (χ4v) is 3.84. The fourth-order valence-electron chi connectivity index (χ4n) is 3.10. The number of hydrogen-bond donors (Lipinski definition) is 1. The molecule has 2 aromatic heterocycles. The lowest BCUT2D eigenvalue weighted by Crippen LogP contribution is -2.18. The van der Waals surface area contributed by atoms with Crippen molar-refractivity contribution in [2.24, 2.45) is 0 Å². The molecule has 128 valence electrons. The molecule has 0 spiro atoms. The molecular formula is C16H17F3N4S. The molecule has 1 aliphatic heterocycles. The lowest BCUT2D eigenvalue weighted by molar-refractivity contribution is -0.0359. The summed E-state index contributed by atoms with van der Waals surface area (Å²) in [5.41, 5.74) is 4.21. The molecule has 0 radical (unpaired) electrons. The Morgan fingerprint density at radius 2 is 2.17 bits per heavy atom. The Morgan fingerprint density at radius 3 is 2.88 bits per heavy atom. The normalized spacial score (nSPS) is 19.6. The van der Waals surface area contributed by atoms with Gasteiger partial charge in [0.25, 0.3) is 0 Å². The van der Waals surface area contributed by atoms with Crippen LogP contribution < -0.4 is 5.73 Å². The third-order valence-electron chi connectivity index (χ3n) is 4.04. The first-order valence-electron chi connectivity index (χ1n) is 7.55. The van der Waals surface area contributed by atoms with E-state index < -0.39 is 5.51 Å². The molecule has 1 fully saturated rings. The van der Waals surface area contributed by atoms with Crippen molar-refractivity contribution in [1.82, 2.24) is 14.3 Å². The minimum Gasteiger partial charge on any atom is -0.383 e. The molecule has 0 saturated carbocycles. The Hall–Kier alpha value is -1.80. The largest absolute Gasteiger partial charge is 0.456 e. The molecular weight excluding hydrogens is 337 g/mol. The molecule has 8 heteroatoms. The van der Waals surface area contributed by atoms with E-state index in [9.17, 15) is 13.2 Å². The minimum absolute atomic E-state index is 0.0103. The highest BCUT2D eigenvalue weighted by Crippen LogP contribution is 2.41. The van der Waals surface area contributed by atoms with Crippen molar-refractivity contribution < 1.29 is 13.2 Å². The van der Waals surface area contributed by atoms with E-state index in [1.807, 2.05) is 25.1 Å². The molecule has 1 unspecified atom stereocenters. The Kier molecular flexibility index (Phi) is 4.69. The van der Waals surface area contributed by atoms with Gasteiger partial charge in [-0.05, 0) is 30.9 Å². The first kappa shape index (κ1) is 17.0. The van der Waals surface area contributed by atoms with Gasteiger partial charge in [0.2, 0.25) is 0 Å². The van der Waals surface area contributed by atoms with E-state index in [1.165, 1.54) is 4.31 Å². The summed E-state index contributed by atoms with van der Waals surface area (Å²) in [4.78, 5) is 8.48. The first-order chi connectivity index (χ1) is 11.4. The third-order valence-corrected chi connectivity index (χ3v) is 4.84. The number of hydrogen-bond acceptors (Lipinski definition) is 5. The zero-order valence-corrected chi connectivity index (χ0v) is 13.9. The van der Waals surface area contributed by atoms with Gasteiger partial charge in [-0.3, -0.25) is 4.98 Å². The number of nitrogen functional groups attached to an aromatic ring is 1.